The standard InChI is InChI=1S/C22H32N6O3/c1-22(2)18-13-23-20(25-16-8-10-31-11-9-16)26-19(18)14-28(22)21(29)27-24-12-15-4-6-17(30-3)7-5-15/h4-7,13,16,20,23-25H,8-12,14H2,1-3H3,(H,27,29). The van der Waals surface area contributed by atoms with Crippen LogP contribution in [0, 0.1) is 0 Å². The van der Waals surface area contributed by atoms with Crippen LogP contribution in [0.4, 0.5) is 4.79 Å². The lowest BCUT2D eigenvalue weighted by Crippen LogP contribution is -2.52. The van der Waals surface area contributed by atoms with Gasteiger partial charge in [0.2, 0.25) is 0 Å². The second kappa shape index (κ2) is 9.25. The first-order valence-corrected chi connectivity index (χ1v) is 10.8. The molecule has 1 atom stereocenters. The minimum atomic E-state index is -0.457. The lowest BCUT2D eigenvalue weighted by Gasteiger charge is -2.33. The van der Waals surface area contributed by atoms with Crippen LogP contribution < -0.4 is 26.2 Å². The number of methoxy groups -OCH3 is 1. The molecular formula is C22H32N6O3. The molecule has 0 saturated carbocycles. The number of hydrogen-bond donors (Lipinski definition) is 4. The van der Waals surface area contributed by atoms with Crippen molar-refractivity contribution in [2.45, 2.75) is 51.1 Å². The Morgan fingerprint density at radius 3 is 2.74 bits per heavy atom. The number of aliphatic imine (C=N–C) groups is 1. The normalized spacial score (nSPS) is 22.8. The highest BCUT2D eigenvalue weighted by molar-refractivity contribution is 6.08. The van der Waals surface area contributed by atoms with E-state index in [1.165, 1.54) is 0 Å². The Kier molecular flexibility index (Phi) is 6.45. The van der Waals surface area contributed by atoms with Crippen molar-refractivity contribution in [3.8, 4) is 5.75 Å². The van der Waals surface area contributed by atoms with Gasteiger partial charge in [0.15, 0.2) is 6.29 Å². The van der Waals surface area contributed by atoms with E-state index in [4.69, 9.17) is 14.5 Å². The fourth-order valence-electron chi connectivity index (χ4n) is 4.19. The van der Waals surface area contributed by atoms with Gasteiger partial charge in [-0.2, -0.15) is 0 Å². The number of nitrogens with zero attached hydrogens (tertiary/aromatic N) is 2. The fraction of sp³-hybridized carbons (Fsp3) is 0.545. The third kappa shape index (κ3) is 4.84. The number of carbonyl (C=O) groups excluding carboxylic acids is 1. The molecule has 3 heterocycles. The van der Waals surface area contributed by atoms with E-state index in [1.54, 1.807) is 12.0 Å². The summed E-state index contributed by atoms with van der Waals surface area (Å²) < 4.78 is 10.6. The lowest BCUT2D eigenvalue weighted by atomic mass is 9.94. The quantitative estimate of drug-likeness (QED) is 0.513. The average Bonchev–Trinajstić information content (AvgIpc) is 3.05. The predicted octanol–water partition coefficient (Wildman–Crippen LogP) is 1.48. The summed E-state index contributed by atoms with van der Waals surface area (Å²) in [6.45, 7) is 6.64. The van der Waals surface area contributed by atoms with Crippen molar-refractivity contribution in [3.05, 3.63) is 41.6 Å². The molecule has 2 saturated heterocycles. The van der Waals surface area contributed by atoms with Gasteiger partial charge in [-0.25, -0.2) is 15.2 Å². The van der Waals surface area contributed by atoms with Gasteiger partial charge in [-0.3, -0.25) is 10.7 Å². The van der Waals surface area contributed by atoms with Gasteiger partial charge >= 0.3 is 6.03 Å². The van der Waals surface area contributed by atoms with Gasteiger partial charge < -0.3 is 19.7 Å². The summed E-state index contributed by atoms with van der Waals surface area (Å²) >= 11 is 0. The summed E-state index contributed by atoms with van der Waals surface area (Å²) in [5.41, 5.74) is 8.41. The lowest BCUT2D eigenvalue weighted by molar-refractivity contribution is 0.0743. The number of benzene rings is 1. The Morgan fingerprint density at radius 2 is 2.03 bits per heavy atom. The van der Waals surface area contributed by atoms with Crippen LogP contribution in [-0.4, -0.2) is 61.4 Å². The number of likely N-dealkylation sites (tertiary alicyclic amines) is 1. The Hall–Kier alpha value is -2.62. The van der Waals surface area contributed by atoms with Crippen molar-refractivity contribution in [2.75, 3.05) is 26.9 Å². The van der Waals surface area contributed by atoms with Crippen LogP contribution in [0.5, 0.6) is 5.75 Å². The monoisotopic (exact) mass is 428 g/mol. The molecule has 9 nitrogen and oxygen atoms in total. The van der Waals surface area contributed by atoms with Crippen LogP contribution in [0.1, 0.15) is 32.3 Å². The van der Waals surface area contributed by atoms with E-state index in [-0.39, 0.29) is 12.3 Å². The largest absolute Gasteiger partial charge is 0.497 e. The molecule has 1 aromatic rings. The predicted molar refractivity (Wildman–Crippen MR) is 119 cm³/mol. The van der Waals surface area contributed by atoms with E-state index in [2.05, 4.69) is 21.5 Å². The first kappa shape index (κ1) is 21.6. The number of ether oxygens (including phenoxy) is 2. The zero-order valence-electron chi connectivity index (χ0n) is 18.4. The van der Waals surface area contributed by atoms with E-state index >= 15 is 0 Å². The molecule has 0 aromatic heterocycles. The number of amides is 2. The Bertz CT molecular complexity index is 845. The van der Waals surface area contributed by atoms with Gasteiger partial charge in [0.1, 0.15) is 5.75 Å². The highest BCUT2D eigenvalue weighted by Crippen LogP contribution is 2.33. The van der Waals surface area contributed by atoms with Crippen LogP contribution in [-0.2, 0) is 11.3 Å². The minimum absolute atomic E-state index is 0.172. The molecule has 2 fully saturated rings. The Labute approximate surface area is 183 Å². The molecule has 2 amide bonds. The average molecular weight is 429 g/mol. The molecule has 4 N–H and O–H groups in total. The number of nitrogens with one attached hydrogen (secondary N) is 4. The van der Waals surface area contributed by atoms with Gasteiger partial charge in [0.05, 0.1) is 24.9 Å². The second-order valence-electron chi connectivity index (χ2n) is 8.53. The summed E-state index contributed by atoms with van der Waals surface area (Å²) in [7, 11) is 1.64. The van der Waals surface area contributed by atoms with E-state index in [0.29, 0.717) is 19.1 Å². The van der Waals surface area contributed by atoms with Crippen LogP contribution in [0.2, 0.25) is 0 Å². The highest BCUT2D eigenvalue weighted by atomic mass is 16.5. The van der Waals surface area contributed by atoms with Crippen molar-refractivity contribution in [2.24, 2.45) is 4.99 Å². The van der Waals surface area contributed by atoms with Crippen molar-refractivity contribution in [1.29, 1.82) is 0 Å². The van der Waals surface area contributed by atoms with E-state index < -0.39 is 5.54 Å². The molecule has 0 spiro atoms. The molecule has 168 valence electrons. The molecule has 31 heavy (non-hydrogen) atoms. The summed E-state index contributed by atoms with van der Waals surface area (Å²) in [5, 5.41) is 6.88. The molecule has 9 heteroatoms. The van der Waals surface area contributed by atoms with Crippen LogP contribution in [0.25, 0.3) is 0 Å². The maximum atomic E-state index is 12.9. The molecule has 0 radical (unpaired) electrons. The Balaban J connectivity index is 1.33. The second-order valence-corrected chi connectivity index (χ2v) is 8.53. The third-order valence-corrected chi connectivity index (χ3v) is 6.13. The molecule has 4 rings (SSSR count). The number of carbonyl (C=O) groups is 1. The smallest absolute Gasteiger partial charge is 0.332 e. The van der Waals surface area contributed by atoms with Crippen molar-refractivity contribution in [1.82, 2.24) is 26.4 Å². The summed E-state index contributed by atoms with van der Waals surface area (Å²) in [6.07, 6.45) is 3.80. The molecule has 1 unspecified atom stereocenters. The van der Waals surface area contributed by atoms with Crippen molar-refractivity contribution < 1.29 is 14.3 Å². The Morgan fingerprint density at radius 1 is 1.29 bits per heavy atom. The molecule has 0 bridgehead atoms. The summed E-state index contributed by atoms with van der Waals surface area (Å²) in [5.74, 6) is 0.807. The first-order valence-electron chi connectivity index (χ1n) is 10.8. The number of rotatable bonds is 6. The number of hydrogen-bond acceptors (Lipinski definition) is 7. The number of fused-ring (bicyclic) bond motifs is 1. The maximum Gasteiger partial charge on any atom is 0.332 e. The van der Waals surface area contributed by atoms with Crippen molar-refractivity contribution >= 4 is 11.7 Å². The molecule has 0 aliphatic carbocycles. The van der Waals surface area contributed by atoms with E-state index in [9.17, 15) is 4.79 Å². The molecular weight excluding hydrogens is 396 g/mol. The van der Waals surface area contributed by atoms with E-state index in [1.807, 2.05) is 44.3 Å². The first-order chi connectivity index (χ1) is 15.0. The topological polar surface area (TPSA) is 99.3 Å². The minimum Gasteiger partial charge on any atom is -0.497 e. The maximum absolute atomic E-state index is 12.9. The van der Waals surface area contributed by atoms with Crippen molar-refractivity contribution in [3.63, 3.8) is 0 Å². The highest BCUT2D eigenvalue weighted by Gasteiger charge is 2.45. The third-order valence-electron chi connectivity index (χ3n) is 6.13. The van der Waals surface area contributed by atoms with Crippen LogP contribution in [0.3, 0.4) is 0 Å². The number of urea groups is 1. The molecule has 3 aliphatic heterocycles. The van der Waals surface area contributed by atoms with Crippen LogP contribution in [0.15, 0.2) is 41.0 Å². The zero-order valence-corrected chi connectivity index (χ0v) is 18.4. The van der Waals surface area contributed by atoms with Gasteiger partial charge in [-0.05, 0) is 44.4 Å². The van der Waals surface area contributed by atoms with Gasteiger partial charge in [-0.1, -0.05) is 12.1 Å². The SMILES string of the molecule is COc1ccc(CNNC(=O)N2CC3=NC(NC4CCOCC4)NC=C3C2(C)C)cc1. The van der Waals surface area contributed by atoms with Gasteiger partial charge in [-0.15, -0.1) is 0 Å². The molecule has 3 aliphatic rings. The zero-order chi connectivity index (χ0) is 21.8. The fourth-order valence-corrected chi connectivity index (χ4v) is 4.19. The molecule has 1 aromatic carbocycles. The summed E-state index contributed by atoms with van der Waals surface area (Å²) in [6, 6.07) is 7.93. The van der Waals surface area contributed by atoms with Crippen LogP contribution >= 0.6 is 0 Å². The van der Waals surface area contributed by atoms with E-state index in [0.717, 1.165) is 48.7 Å². The summed E-state index contributed by atoms with van der Waals surface area (Å²) in [4.78, 5) is 19.5. The van der Waals surface area contributed by atoms with Gasteiger partial charge in [0.25, 0.3) is 0 Å². The number of hydrazine groups is 1. The van der Waals surface area contributed by atoms with Gasteiger partial charge in [0, 0.05) is 37.6 Å².